The lowest BCUT2D eigenvalue weighted by Gasteiger charge is -2.35. The van der Waals surface area contributed by atoms with Crippen molar-refractivity contribution in [3.05, 3.63) is 54.3 Å². The molecule has 0 bridgehead atoms. The fraction of sp³-hybridized carbons (Fsp3) is 0.227. The van der Waals surface area contributed by atoms with Gasteiger partial charge in [0.25, 0.3) is 0 Å². The van der Waals surface area contributed by atoms with Crippen molar-refractivity contribution >= 4 is 28.4 Å². The molecule has 3 aromatic carbocycles. The number of hydrogen-bond donors (Lipinski definition) is 2. The maximum atomic E-state index is 15.2. The maximum absolute atomic E-state index is 15.2. The maximum Gasteiger partial charge on any atom is 0.133 e. The van der Waals surface area contributed by atoms with Crippen LogP contribution in [-0.2, 0) is 0 Å². The number of rotatable bonds is 3. The van der Waals surface area contributed by atoms with Crippen LogP contribution in [0.5, 0.6) is 5.75 Å². The summed E-state index contributed by atoms with van der Waals surface area (Å²) in [6, 6.07) is 14.4. The Morgan fingerprint density at radius 2 is 1.96 bits per heavy atom. The van der Waals surface area contributed by atoms with Gasteiger partial charge in [0.2, 0.25) is 0 Å². The SMILES string of the molecule is Oc1cc(-c2cc3c(cc2F)N(CC2CNC2)CC=N3)c2ccccc2c1. The van der Waals surface area contributed by atoms with Gasteiger partial charge < -0.3 is 15.3 Å². The van der Waals surface area contributed by atoms with E-state index in [0.29, 0.717) is 23.6 Å². The minimum atomic E-state index is -0.293. The van der Waals surface area contributed by atoms with Crippen molar-refractivity contribution in [1.82, 2.24) is 5.32 Å². The third-order valence-electron chi connectivity index (χ3n) is 5.42. The molecule has 0 unspecified atom stereocenters. The van der Waals surface area contributed by atoms with E-state index in [1.54, 1.807) is 24.3 Å². The zero-order chi connectivity index (χ0) is 18.4. The van der Waals surface area contributed by atoms with E-state index in [1.807, 2.05) is 30.5 Å². The van der Waals surface area contributed by atoms with Gasteiger partial charge >= 0.3 is 0 Å². The van der Waals surface area contributed by atoms with Gasteiger partial charge in [-0.1, -0.05) is 24.3 Å². The Morgan fingerprint density at radius 1 is 1.11 bits per heavy atom. The van der Waals surface area contributed by atoms with Crippen LogP contribution >= 0.6 is 0 Å². The summed E-state index contributed by atoms with van der Waals surface area (Å²) >= 11 is 0. The third-order valence-corrected chi connectivity index (χ3v) is 5.42. The minimum absolute atomic E-state index is 0.128. The Morgan fingerprint density at radius 3 is 2.78 bits per heavy atom. The standard InChI is InChI=1S/C22H20FN3O/c23-20-10-22-21(25-5-6-26(22)13-14-11-24-12-14)9-19(20)18-8-16(27)7-15-3-1-2-4-17(15)18/h1-5,7-10,14,24,27H,6,11-13H2. The van der Waals surface area contributed by atoms with Crippen LogP contribution in [0.25, 0.3) is 21.9 Å². The molecule has 2 N–H and O–H groups in total. The van der Waals surface area contributed by atoms with E-state index >= 15 is 4.39 Å². The molecule has 0 spiro atoms. The third kappa shape index (κ3) is 2.84. The van der Waals surface area contributed by atoms with Crippen molar-refractivity contribution in [2.45, 2.75) is 0 Å². The van der Waals surface area contributed by atoms with E-state index in [4.69, 9.17) is 0 Å². The van der Waals surface area contributed by atoms with Gasteiger partial charge in [0.15, 0.2) is 0 Å². The van der Waals surface area contributed by atoms with Crippen LogP contribution in [-0.4, -0.2) is 37.5 Å². The highest BCUT2D eigenvalue weighted by molar-refractivity contribution is 5.99. The summed E-state index contributed by atoms with van der Waals surface area (Å²) in [5.41, 5.74) is 2.76. The van der Waals surface area contributed by atoms with Crippen molar-refractivity contribution in [2.24, 2.45) is 10.9 Å². The highest BCUT2D eigenvalue weighted by Crippen LogP contribution is 2.40. The molecule has 2 aliphatic rings. The number of phenols is 1. The molecule has 1 saturated heterocycles. The Kier molecular flexibility index (Phi) is 3.83. The van der Waals surface area contributed by atoms with Crippen LogP contribution in [0.2, 0.25) is 0 Å². The Labute approximate surface area is 157 Å². The Balaban J connectivity index is 1.62. The van der Waals surface area contributed by atoms with Crippen molar-refractivity contribution in [3.63, 3.8) is 0 Å². The zero-order valence-electron chi connectivity index (χ0n) is 14.8. The summed E-state index contributed by atoms with van der Waals surface area (Å²) < 4.78 is 15.2. The second-order valence-corrected chi connectivity index (χ2v) is 7.28. The lowest BCUT2D eigenvalue weighted by atomic mass is 9.96. The number of nitrogens with one attached hydrogen (secondary N) is 1. The fourth-order valence-electron chi connectivity index (χ4n) is 3.93. The molecule has 3 aromatic rings. The van der Waals surface area contributed by atoms with Crippen molar-refractivity contribution in [2.75, 3.05) is 31.1 Å². The molecule has 2 heterocycles. The van der Waals surface area contributed by atoms with E-state index in [-0.39, 0.29) is 11.6 Å². The number of phenolic OH excluding ortho intramolecular Hbond substituents is 1. The van der Waals surface area contributed by atoms with E-state index in [2.05, 4.69) is 15.2 Å². The van der Waals surface area contributed by atoms with Crippen LogP contribution in [0.1, 0.15) is 0 Å². The van der Waals surface area contributed by atoms with E-state index in [1.165, 1.54) is 0 Å². The molecule has 0 saturated carbocycles. The fourth-order valence-corrected chi connectivity index (χ4v) is 3.93. The van der Waals surface area contributed by atoms with Gasteiger partial charge in [-0.2, -0.15) is 0 Å². The molecule has 0 aromatic heterocycles. The van der Waals surface area contributed by atoms with Gasteiger partial charge in [-0.05, 0) is 34.5 Å². The van der Waals surface area contributed by atoms with Gasteiger partial charge in [0, 0.05) is 43.4 Å². The van der Waals surface area contributed by atoms with Gasteiger partial charge in [0.05, 0.1) is 17.9 Å². The molecule has 5 heteroatoms. The van der Waals surface area contributed by atoms with Gasteiger partial charge in [-0.3, -0.25) is 4.99 Å². The molecule has 136 valence electrons. The summed E-state index contributed by atoms with van der Waals surface area (Å²) in [6.45, 7) is 3.63. The second-order valence-electron chi connectivity index (χ2n) is 7.28. The summed E-state index contributed by atoms with van der Waals surface area (Å²) in [5.74, 6) is 0.434. The Bertz CT molecular complexity index is 1060. The number of nitrogens with zero attached hydrogens (tertiary/aromatic N) is 2. The molecule has 0 radical (unpaired) electrons. The number of aliphatic imine (C=N–C) groups is 1. The first kappa shape index (κ1) is 16.3. The molecular weight excluding hydrogens is 341 g/mol. The smallest absolute Gasteiger partial charge is 0.133 e. The Hall–Kier alpha value is -2.92. The van der Waals surface area contributed by atoms with Crippen LogP contribution in [0, 0.1) is 11.7 Å². The van der Waals surface area contributed by atoms with Gasteiger partial charge in [-0.25, -0.2) is 4.39 Å². The second kappa shape index (κ2) is 6.35. The summed E-state index contributed by atoms with van der Waals surface area (Å²) in [5, 5.41) is 15.2. The molecule has 0 amide bonds. The van der Waals surface area contributed by atoms with Gasteiger partial charge in [-0.15, -0.1) is 0 Å². The minimum Gasteiger partial charge on any atom is -0.508 e. The number of hydrogen-bond acceptors (Lipinski definition) is 4. The highest BCUT2D eigenvalue weighted by atomic mass is 19.1. The summed E-state index contributed by atoms with van der Waals surface area (Å²) in [4.78, 5) is 6.71. The molecule has 27 heavy (non-hydrogen) atoms. The quantitative estimate of drug-likeness (QED) is 0.739. The van der Waals surface area contributed by atoms with Crippen LogP contribution in [0.3, 0.4) is 0 Å². The number of aromatic hydroxyl groups is 1. The monoisotopic (exact) mass is 361 g/mol. The number of fused-ring (bicyclic) bond motifs is 2. The molecule has 5 rings (SSSR count). The lowest BCUT2D eigenvalue weighted by molar-refractivity contribution is 0.351. The predicted octanol–water partition coefficient (Wildman–Crippen LogP) is 4.09. The topological polar surface area (TPSA) is 47.9 Å². The predicted molar refractivity (Wildman–Crippen MR) is 108 cm³/mol. The van der Waals surface area contributed by atoms with Gasteiger partial charge in [0.1, 0.15) is 11.6 Å². The zero-order valence-corrected chi connectivity index (χ0v) is 14.8. The van der Waals surface area contributed by atoms with E-state index < -0.39 is 0 Å². The van der Waals surface area contributed by atoms with E-state index in [0.717, 1.165) is 41.8 Å². The first-order chi connectivity index (χ1) is 13.2. The van der Waals surface area contributed by atoms with Crippen LogP contribution in [0.15, 0.2) is 53.5 Å². The number of benzene rings is 3. The largest absolute Gasteiger partial charge is 0.508 e. The molecule has 4 nitrogen and oxygen atoms in total. The number of halogens is 1. The van der Waals surface area contributed by atoms with Crippen molar-refractivity contribution in [1.29, 1.82) is 0 Å². The molecule has 0 aliphatic carbocycles. The highest BCUT2D eigenvalue weighted by Gasteiger charge is 2.24. The first-order valence-electron chi connectivity index (χ1n) is 9.23. The number of anilines is 1. The first-order valence-corrected chi connectivity index (χ1v) is 9.23. The lowest BCUT2D eigenvalue weighted by Crippen LogP contribution is -2.49. The average molecular weight is 361 g/mol. The van der Waals surface area contributed by atoms with Crippen molar-refractivity contribution in [3.8, 4) is 16.9 Å². The summed E-state index contributed by atoms with van der Waals surface area (Å²) in [6.07, 6.45) is 1.89. The molecule has 1 fully saturated rings. The average Bonchev–Trinajstić information content (AvgIpc) is 2.63. The molecular formula is C22H20FN3O. The van der Waals surface area contributed by atoms with E-state index in [9.17, 15) is 5.11 Å². The molecule has 0 atom stereocenters. The van der Waals surface area contributed by atoms with Crippen molar-refractivity contribution < 1.29 is 9.50 Å². The molecule has 2 aliphatic heterocycles. The summed E-state index contributed by atoms with van der Waals surface area (Å²) in [7, 11) is 0. The van der Waals surface area contributed by atoms with Crippen LogP contribution in [0.4, 0.5) is 15.8 Å². The van der Waals surface area contributed by atoms with Crippen LogP contribution < -0.4 is 10.2 Å². The normalized spacial score (nSPS) is 16.4.